The Morgan fingerprint density at radius 1 is 1.33 bits per heavy atom. The van der Waals surface area contributed by atoms with Crippen molar-refractivity contribution in [1.29, 1.82) is 0 Å². The maximum Gasteiger partial charge on any atom is 0.288 e. The van der Waals surface area contributed by atoms with Crippen molar-refractivity contribution in [3.8, 4) is 0 Å². The predicted octanol–water partition coefficient (Wildman–Crippen LogP) is 2.80. The Balaban J connectivity index is 2.60. The number of alkyl halides is 2. The van der Waals surface area contributed by atoms with E-state index in [-0.39, 0.29) is 6.61 Å². The van der Waals surface area contributed by atoms with Gasteiger partial charge in [0.25, 0.3) is 5.76 Å². The van der Waals surface area contributed by atoms with Gasteiger partial charge in [-0.3, -0.25) is 0 Å². The van der Waals surface area contributed by atoms with E-state index in [1.165, 1.54) is 0 Å². The van der Waals surface area contributed by atoms with Crippen LogP contribution in [-0.2, 0) is 0 Å². The van der Waals surface area contributed by atoms with Crippen LogP contribution < -0.4 is 5.32 Å². The summed E-state index contributed by atoms with van der Waals surface area (Å²) >= 11 is 0.525. The van der Waals surface area contributed by atoms with Crippen LogP contribution in [0.2, 0.25) is 0 Å². The van der Waals surface area contributed by atoms with Gasteiger partial charge >= 0.3 is 0 Å². The lowest BCUT2D eigenvalue weighted by Gasteiger charge is -2.10. The molecular formula is C10H13F2NOS. The number of rotatable bonds is 6. The zero-order chi connectivity index (χ0) is 11.1. The second-order valence-electron chi connectivity index (χ2n) is 2.88. The first-order valence-electron chi connectivity index (χ1n) is 4.62. The van der Waals surface area contributed by atoms with Crippen molar-refractivity contribution in [3.63, 3.8) is 0 Å². The van der Waals surface area contributed by atoms with Crippen LogP contribution in [0.4, 0.5) is 14.5 Å². The lowest BCUT2D eigenvalue weighted by molar-refractivity contribution is 0.252. The van der Waals surface area contributed by atoms with E-state index in [4.69, 9.17) is 5.11 Å². The smallest absolute Gasteiger partial charge is 0.288 e. The second-order valence-corrected chi connectivity index (χ2v) is 3.91. The lowest BCUT2D eigenvalue weighted by atomic mass is 10.3. The topological polar surface area (TPSA) is 32.3 Å². The quantitative estimate of drug-likeness (QED) is 0.585. The monoisotopic (exact) mass is 233 g/mol. The molecule has 0 fully saturated rings. The summed E-state index contributed by atoms with van der Waals surface area (Å²) in [6.45, 7) is 0.675. The molecule has 0 spiro atoms. The molecule has 0 radical (unpaired) electrons. The van der Waals surface area contributed by atoms with Gasteiger partial charge in [0.05, 0.1) is 0 Å². The highest BCUT2D eigenvalue weighted by Gasteiger charge is 2.08. The van der Waals surface area contributed by atoms with Crippen molar-refractivity contribution in [3.05, 3.63) is 24.3 Å². The van der Waals surface area contributed by atoms with Gasteiger partial charge in [-0.25, -0.2) is 0 Å². The van der Waals surface area contributed by atoms with Crippen molar-refractivity contribution in [2.75, 3.05) is 18.5 Å². The molecule has 1 aromatic rings. The number of para-hydroxylation sites is 1. The number of halogens is 2. The van der Waals surface area contributed by atoms with Gasteiger partial charge in [-0.1, -0.05) is 23.9 Å². The van der Waals surface area contributed by atoms with Gasteiger partial charge in [-0.05, 0) is 18.6 Å². The highest BCUT2D eigenvalue weighted by molar-refractivity contribution is 7.99. The van der Waals surface area contributed by atoms with Crippen LogP contribution in [0.1, 0.15) is 6.42 Å². The molecule has 2 nitrogen and oxygen atoms in total. The van der Waals surface area contributed by atoms with Crippen molar-refractivity contribution < 1.29 is 13.9 Å². The summed E-state index contributed by atoms with van der Waals surface area (Å²) in [6.07, 6.45) is 0.605. The Labute approximate surface area is 91.7 Å². The standard InChI is InChI=1S/C10H13F2NOS/c11-10(12)15-9-5-2-1-4-8(9)13-6-3-7-14/h1-2,4-5,10,13-14H,3,6-7H2. The number of nitrogens with one attached hydrogen (secondary N) is 1. The molecule has 0 unspecified atom stereocenters. The largest absolute Gasteiger partial charge is 0.396 e. The molecule has 0 aliphatic rings. The van der Waals surface area contributed by atoms with Gasteiger partial charge in [0.15, 0.2) is 0 Å². The van der Waals surface area contributed by atoms with Crippen LogP contribution in [0.15, 0.2) is 29.2 Å². The Bertz CT molecular complexity index is 297. The van der Waals surface area contributed by atoms with Crippen molar-refractivity contribution in [2.24, 2.45) is 0 Å². The molecule has 84 valence electrons. The van der Waals surface area contributed by atoms with E-state index >= 15 is 0 Å². The Kier molecular flexibility index (Phi) is 5.42. The maximum absolute atomic E-state index is 12.2. The molecular weight excluding hydrogens is 220 g/mol. The van der Waals surface area contributed by atoms with E-state index in [0.29, 0.717) is 35.3 Å². The molecule has 0 saturated carbocycles. The minimum Gasteiger partial charge on any atom is -0.396 e. The van der Waals surface area contributed by atoms with Crippen LogP contribution in [0.5, 0.6) is 0 Å². The summed E-state index contributed by atoms with van der Waals surface area (Å²) < 4.78 is 24.4. The number of benzene rings is 1. The lowest BCUT2D eigenvalue weighted by Crippen LogP contribution is -2.04. The molecule has 0 aliphatic carbocycles. The van der Waals surface area contributed by atoms with Crippen LogP contribution in [0.3, 0.4) is 0 Å². The highest BCUT2D eigenvalue weighted by Crippen LogP contribution is 2.31. The van der Waals surface area contributed by atoms with Crippen molar-refractivity contribution in [2.45, 2.75) is 17.1 Å². The first-order chi connectivity index (χ1) is 7.24. The molecule has 2 N–H and O–H groups in total. The first-order valence-corrected chi connectivity index (χ1v) is 5.50. The van der Waals surface area contributed by atoms with E-state index in [1.54, 1.807) is 24.3 Å². The van der Waals surface area contributed by atoms with Gasteiger partial charge in [0.1, 0.15) is 0 Å². The minimum absolute atomic E-state index is 0.0944. The third kappa shape index (κ3) is 4.48. The molecule has 0 amide bonds. The Hall–Kier alpha value is -0.810. The van der Waals surface area contributed by atoms with Gasteiger partial charge < -0.3 is 10.4 Å². The van der Waals surface area contributed by atoms with E-state index in [1.807, 2.05) is 0 Å². The summed E-state index contributed by atoms with van der Waals surface area (Å²) in [6, 6.07) is 6.92. The fourth-order valence-corrected chi connectivity index (χ4v) is 1.73. The molecule has 1 rings (SSSR count). The third-order valence-electron chi connectivity index (χ3n) is 1.75. The van der Waals surface area contributed by atoms with Crippen LogP contribution in [-0.4, -0.2) is 24.0 Å². The van der Waals surface area contributed by atoms with E-state index < -0.39 is 5.76 Å². The summed E-state index contributed by atoms with van der Waals surface area (Å²) in [5, 5.41) is 11.6. The number of aliphatic hydroxyl groups is 1. The van der Waals surface area contributed by atoms with Gasteiger partial charge in [0.2, 0.25) is 0 Å². The number of anilines is 1. The maximum atomic E-state index is 12.2. The fourth-order valence-electron chi connectivity index (χ4n) is 1.11. The third-order valence-corrected chi connectivity index (χ3v) is 2.54. The second kappa shape index (κ2) is 6.63. The molecule has 0 heterocycles. The summed E-state index contributed by atoms with van der Waals surface area (Å²) in [4.78, 5) is 0.533. The normalized spacial score (nSPS) is 10.7. The van der Waals surface area contributed by atoms with Crippen LogP contribution in [0.25, 0.3) is 0 Å². The van der Waals surface area contributed by atoms with Crippen molar-refractivity contribution in [1.82, 2.24) is 0 Å². The molecule has 15 heavy (non-hydrogen) atoms. The van der Waals surface area contributed by atoms with Gasteiger partial charge in [0, 0.05) is 23.7 Å². The zero-order valence-corrected chi connectivity index (χ0v) is 8.94. The van der Waals surface area contributed by atoms with Crippen LogP contribution in [0, 0.1) is 0 Å². The zero-order valence-electron chi connectivity index (χ0n) is 8.12. The summed E-state index contributed by atoms with van der Waals surface area (Å²) in [5.41, 5.74) is 0.691. The first kappa shape index (κ1) is 12.3. The van der Waals surface area contributed by atoms with E-state index in [2.05, 4.69) is 5.32 Å². The molecule has 0 saturated heterocycles. The molecule has 0 atom stereocenters. The van der Waals surface area contributed by atoms with Crippen LogP contribution >= 0.6 is 11.8 Å². The summed E-state index contributed by atoms with van der Waals surface area (Å²) in [5.74, 6) is -2.41. The predicted molar refractivity (Wildman–Crippen MR) is 58.5 cm³/mol. The molecule has 1 aromatic carbocycles. The average molecular weight is 233 g/mol. The molecule has 0 aliphatic heterocycles. The highest BCUT2D eigenvalue weighted by atomic mass is 32.2. The Morgan fingerprint density at radius 3 is 2.73 bits per heavy atom. The molecule has 5 heteroatoms. The SMILES string of the molecule is OCCCNc1ccccc1SC(F)F. The van der Waals surface area contributed by atoms with E-state index in [0.717, 1.165) is 0 Å². The molecule has 0 bridgehead atoms. The number of hydrogen-bond acceptors (Lipinski definition) is 3. The molecule has 0 aromatic heterocycles. The van der Waals surface area contributed by atoms with Gasteiger partial charge in [-0.15, -0.1) is 0 Å². The average Bonchev–Trinajstić information content (AvgIpc) is 2.20. The summed E-state index contributed by atoms with van der Waals surface area (Å²) in [7, 11) is 0. The number of hydrogen-bond donors (Lipinski definition) is 2. The minimum atomic E-state index is -2.41. The fraction of sp³-hybridized carbons (Fsp3) is 0.400. The van der Waals surface area contributed by atoms with E-state index in [9.17, 15) is 8.78 Å². The Morgan fingerprint density at radius 2 is 2.07 bits per heavy atom. The van der Waals surface area contributed by atoms with Gasteiger partial charge in [-0.2, -0.15) is 8.78 Å². The number of aliphatic hydroxyl groups excluding tert-OH is 1. The van der Waals surface area contributed by atoms with Crippen molar-refractivity contribution >= 4 is 17.4 Å². The number of thioether (sulfide) groups is 1.